The molecule has 0 bridgehead atoms. The lowest BCUT2D eigenvalue weighted by Gasteiger charge is -2.13. The fraction of sp³-hybridized carbons (Fsp3) is 0.385. The topological polar surface area (TPSA) is 72.8 Å². The Morgan fingerprint density at radius 2 is 1.84 bits per heavy atom. The minimum Gasteiger partial charge on any atom is -0.497 e. The third kappa shape index (κ3) is 5.65. The normalized spacial score (nSPS) is 11.7. The van der Waals surface area contributed by atoms with Crippen LogP contribution in [0.2, 0.25) is 0 Å². The van der Waals surface area contributed by atoms with E-state index in [2.05, 4.69) is 0 Å². The summed E-state index contributed by atoms with van der Waals surface area (Å²) >= 11 is 0.989. The summed E-state index contributed by atoms with van der Waals surface area (Å²) < 4.78 is 10.4. The van der Waals surface area contributed by atoms with Crippen molar-refractivity contribution in [2.24, 2.45) is 5.92 Å². The van der Waals surface area contributed by atoms with Crippen molar-refractivity contribution in [2.45, 2.75) is 6.92 Å². The van der Waals surface area contributed by atoms with Crippen molar-refractivity contribution in [3.63, 3.8) is 0 Å². The zero-order chi connectivity index (χ0) is 14.3. The Morgan fingerprint density at radius 1 is 1.26 bits per heavy atom. The van der Waals surface area contributed by atoms with E-state index in [1.54, 1.807) is 31.4 Å². The van der Waals surface area contributed by atoms with Gasteiger partial charge in [0.25, 0.3) is 0 Å². The highest BCUT2D eigenvalue weighted by Gasteiger charge is 2.19. The van der Waals surface area contributed by atoms with Gasteiger partial charge in [-0.2, -0.15) is 0 Å². The molecule has 5 nitrogen and oxygen atoms in total. The molecule has 1 aromatic rings. The van der Waals surface area contributed by atoms with E-state index in [0.717, 1.165) is 11.8 Å². The second-order valence-corrected chi connectivity index (χ2v) is 5.02. The van der Waals surface area contributed by atoms with Crippen LogP contribution in [0.25, 0.3) is 0 Å². The summed E-state index contributed by atoms with van der Waals surface area (Å²) in [5.74, 6) is -0.201. The highest BCUT2D eigenvalue weighted by Crippen LogP contribution is 2.18. The predicted octanol–water partition coefficient (Wildman–Crippen LogP) is 2.05. The van der Waals surface area contributed by atoms with E-state index in [4.69, 9.17) is 14.6 Å². The van der Waals surface area contributed by atoms with Crippen LogP contribution in [0.4, 0.5) is 0 Å². The standard InChI is InChI=1S/C13H16O5S/c1-9(14)19-8-10(13(15)16)7-18-12-5-3-11(17-2)4-6-12/h3-6,10H,7-8H2,1-2H3,(H,15,16). The lowest BCUT2D eigenvalue weighted by molar-refractivity contribution is -0.141. The number of carboxylic acid groups (broad SMARTS) is 1. The fourth-order valence-electron chi connectivity index (χ4n) is 1.28. The fourth-order valence-corrected chi connectivity index (χ4v) is 1.95. The van der Waals surface area contributed by atoms with Gasteiger partial charge in [-0.15, -0.1) is 0 Å². The molecule has 0 spiro atoms. The highest BCUT2D eigenvalue weighted by molar-refractivity contribution is 8.13. The van der Waals surface area contributed by atoms with Crippen molar-refractivity contribution in [3.8, 4) is 11.5 Å². The molecule has 0 aliphatic rings. The summed E-state index contributed by atoms with van der Waals surface area (Å²) in [4.78, 5) is 21.8. The molecule has 104 valence electrons. The SMILES string of the molecule is COc1ccc(OCC(CSC(C)=O)C(=O)O)cc1. The molecule has 0 aliphatic carbocycles. The second-order valence-electron chi connectivity index (χ2n) is 3.82. The molecular weight excluding hydrogens is 268 g/mol. The number of methoxy groups -OCH3 is 1. The van der Waals surface area contributed by atoms with Crippen LogP contribution < -0.4 is 9.47 Å². The van der Waals surface area contributed by atoms with Crippen LogP contribution >= 0.6 is 11.8 Å². The number of carbonyl (C=O) groups excluding carboxylic acids is 1. The molecule has 1 unspecified atom stereocenters. The molecule has 6 heteroatoms. The van der Waals surface area contributed by atoms with Crippen molar-refractivity contribution < 1.29 is 24.2 Å². The van der Waals surface area contributed by atoms with Crippen molar-refractivity contribution >= 4 is 22.8 Å². The van der Waals surface area contributed by atoms with E-state index in [1.165, 1.54) is 6.92 Å². The summed E-state index contributed by atoms with van der Waals surface area (Å²) in [6.07, 6.45) is 0. The van der Waals surface area contributed by atoms with Gasteiger partial charge < -0.3 is 14.6 Å². The van der Waals surface area contributed by atoms with Crippen LogP contribution in [-0.4, -0.2) is 35.7 Å². The average Bonchev–Trinajstić information content (AvgIpc) is 2.38. The molecule has 1 N–H and O–H groups in total. The van der Waals surface area contributed by atoms with E-state index in [0.29, 0.717) is 11.5 Å². The predicted molar refractivity (Wildman–Crippen MR) is 72.8 cm³/mol. The zero-order valence-electron chi connectivity index (χ0n) is 10.8. The molecular formula is C13H16O5S. The van der Waals surface area contributed by atoms with Gasteiger partial charge in [-0.05, 0) is 24.3 Å². The quantitative estimate of drug-likeness (QED) is 0.826. The Labute approximate surface area is 115 Å². The van der Waals surface area contributed by atoms with Crippen LogP contribution in [-0.2, 0) is 9.59 Å². The molecule has 0 radical (unpaired) electrons. The van der Waals surface area contributed by atoms with E-state index in [1.807, 2.05) is 0 Å². The summed E-state index contributed by atoms with van der Waals surface area (Å²) in [6.45, 7) is 1.44. The van der Waals surface area contributed by atoms with E-state index in [-0.39, 0.29) is 17.5 Å². The second kappa shape index (κ2) is 7.68. The molecule has 1 rings (SSSR count). The average molecular weight is 284 g/mol. The minimum atomic E-state index is -0.970. The number of hydrogen-bond acceptors (Lipinski definition) is 5. The molecule has 0 saturated heterocycles. The molecule has 0 saturated carbocycles. The Hall–Kier alpha value is -1.69. The van der Waals surface area contributed by atoms with Crippen LogP contribution in [0.5, 0.6) is 11.5 Å². The van der Waals surface area contributed by atoms with Crippen molar-refractivity contribution in [1.82, 2.24) is 0 Å². The number of hydrogen-bond donors (Lipinski definition) is 1. The Morgan fingerprint density at radius 3 is 2.32 bits per heavy atom. The van der Waals surface area contributed by atoms with E-state index in [9.17, 15) is 9.59 Å². The van der Waals surface area contributed by atoms with Crippen LogP contribution in [0.3, 0.4) is 0 Å². The number of carboxylic acids is 1. The molecule has 0 heterocycles. The van der Waals surface area contributed by atoms with Crippen molar-refractivity contribution in [2.75, 3.05) is 19.5 Å². The van der Waals surface area contributed by atoms with Gasteiger partial charge >= 0.3 is 5.97 Å². The van der Waals surface area contributed by atoms with Crippen LogP contribution in [0.1, 0.15) is 6.92 Å². The number of carbonyl (C=O) groups is 2. The maximum Gasteiger partial charge on any atom is 0.310 e. The first-order chi connectivity index (χ1) is 9.02. The van der Waals surface area contributed by atoms with Crippen molar-refractivity contribution in [1.29, 1.82) is 0 Å². The third-order valence-corrected chi connectivity index (χ3v) is 3.32. The summed E-state index contributed by atoms with van der Waals surface area (Å²) in [7, 11) is 1.56. The summed E-state index contributed by atoms with van der Waals surface area (Å²) in [5, 5.41) is 8.92. The number of benzene rings is 1. The van der Waals surface area contributed by atoms with Gasteiger partial charge in [-0.1, -0.05) is 11.8 Å². The first-order valence-electron chi connectivity index (χ1n) is 5.66. The van der Waals surface area contributed by atoms with Crippen molar-refractivity contribution in [3.05, 3.63) is 24.3 Å². The van der Waals surface area contributed by atoms with Gasteiger partial charge in [0.2, 0.25) is 0 Å². The maximum absolute atomic E-state index is 11.0. The lowest BCUT2D eigenvalue weighted by atomic mass is 10.2. The maximum atomic E-state index is 11.0. The van der Waals surface area contributed by atoms with Gasteiger partial charge in [0.05, 0.1) is 7.11 Å². The molecule has 1 atom stereocenters. The van der Waals surface area contributed by atoms with Gasteiger partial charge in [-0.25, -0.2) is 0 Å². The molecule has 1 aromatic carbocycles. The lowest BCUT2D eigenvalue weighted by Crippen LogP contribution is -2.24. The monoisotopic (exact) mass is 284 g/mol. The molecule has 19 heavy (non-hydrogen) atoms. The number of aliphatic carboxylic acids is 1. The van der Waals surface area contributed by atoms with E-state index < -0.39 is 11.9 Å². The van der Waals surface area contributed by atoms with Gasteiger partial charge in [0.15, 0.2) is 5.12 Å². The summed E-state index contributed by atoms with van der Waals surface area (Å²) in [5.41, 5.74) is 0. The molecule has 0 amide bonds. The van der Waals surface area contributed by atoms with Gasteiger partial charge in [0.1, 0.15) is 24.0 Å². The van der Waals surface area contributed by atoms with Crippen LogP contribution in [0.15, 0.2) is 24.3 Å². The van der Waals surface area contributed by atoms with Gasteiger partial charge in [-0.3, -0.25) is 9.59 Å². The Kier molecular flexibility index (Phi) is 6.21. The molecule has 0 aliphatic heterocycles. The summed E-state index contributed by atoms with van der Waals surface area (Å²) in [6, 6.07) is 6.87. The minimum absolute atomic E-state index is 0.0297. The largest absolute Gasteiger partial charge is 0.497 e. The molecule has 0 fully saturated rings. The van der Waals surface area contributed by atoms with Gasteiger partial charge in [0, 0.05) is 12.7 Å². The Bertz CT molecular complexity index is 429. The van der Waals surface area contributed by atoms with Crippen LogP contribution in [0, 0.1) is 5.92 Å². The Balaban J connectivity index is 2.50. The first-order valence-corrected chi connectivity index (χ1v) is 6.64. The smallest absolute Gasteiger partial charge is 0.310 e. The number of rotatable bonds is 7. The molecule has 0 aromatic heterocycles. The number of thioether (sulfide) groups is 1. The number of ether oxygens (including phenoxy) is 2. The zero-order valence-corrected chi connectivity index (χ0v) is 11.6. The third-order valence-electron chi connectivity index (χ3n) is 2.35. The highest BCUT2D eigenvalue weighted by atomic mass is 32.2. The van der Waals surface area contributed by atoms with E-state index >= 15 is 0 Å². The first kappa shape index (κ1) is 15.4.